The van der Waals surface area contributed by atoms with Gasteiger partial charge in [-0.2, -0.15) is 9.97 Å². The van der Waals surface area contributed by atoms with Crippen molar-refractivity contribution in [2.24, 2.45) is 0 Å². The molecule has 2 atom stereocenters. The number of anilines is 1. The summed E-state index contributed by atoms with van der Waals surface area (Å²) in [6.07, 6.45) is 11.1. The van der Waals surface area contributed by atoms with E-state index < -0.39 is 52.4 Å². The number of hydrazine groups is 1. The van der Waals surface area contributed by atoms with Crippen molar-refractivity contribution in [2.45, 2.75) is 82.9 Å². The van der Waals surface area contributed by atoms with E-state index >= 15 is 8.78 Å². The number of phenolic OH excluding ortho intramolecular Hbond substituents is 1. The van der Waals surface area contributed by atoms with Crippen LogP contribution in [-0.2, 0) is 4.74 Å². The summed E-state index contributed by atoms with van der Waals surface area (Å²) < 4.78 is 87.1. The molecule has 0 saturated carbocycles. The summed E-state index contributed by atoms with van der Waals surface area (Å²) in [6, 6.07) is 6.67. The maximum absolute atomic E-state index is 17.3. The number of aromatic nitrogens is 3. The number of amides is 1. The first-order valence-corrected chi connectivity index (χ1v) is 19.3. The van der Waals surface area contributed by atoms with Gasteiger partial charge in [0.05, 0.1) is 16.5 Å². The smallest absolute Gasteiger partial charge is 0.429 e. The molecule has 0 radical (unpaired) electrons. The van der Waals surface area contributed by atoms with Crippen LogP contribution in [0, 0.1) is 41.4 Å². The molecule has 10 nitrogen and oxygen atoms in total. The van der Waals surface area contributed by atoms with Gasteiger partial charge in [-0.15, -0.1) is 6.42 Å². The zero-order valence-electron chi connectivity index (χ0n) is 32.2. The number of terminal acetylenes is 1. The number of fused-ring (bicyclic) bond motifs is 3. The molecule has 5 aromatic rings. The zero-order valence-corrected chi connectivity index (χ0v) is 32.2. The van der Waals surface area contributed by atoms with Gasteiger partial charge in [-0.3, -0.25) is 14.9 Å². The lowest BCUT2D eigenvalue weighted by Crippen LogP contribution is -2.49. The fourth-order valence-corrected chi connectivity index (χ4v) is 8.71. The predicted octanol–water partition coefficient (Wildman–Crippen LogP) is 9.12. The Bertz CT molecular complexity index is 2480. The van der Waals surface area contributed by atoms with Gasteiger partial charge in [-0.05, 0) is 114 Å². The summed E-state index contributed by atoms with van der Waals surface area (Å²) in [5.74, 6) is -3.46. The van der Waals surface area contributed by atoms with E-state index in [2.05, 4.69) is 20.8 Å². The highest BCUT2D eigenvalue weighted by Crippen LogP contribution is 2.49. The van der Waals surface area contributed by atoms with Gasteiger partial charge in [0.25, 0.3) is 0 Å². The number of rotatable bonds is 6. The number of aromatic hydroxyl groups is 1. The topological polar surface area (TPSA) is 104 Å². The molecule has 0 bridgehead atoms. The lowest BCUT2D eigenvalue weighted by atomic mass is 9.95. The Hall–Kier alpha value is -5.75. The van der Waals surface area contributed by atoms with Crippen molar-refractivity contribution in [3.05, 3.63) is 82.8 Å². The van der Waals surface area contributed by atoms with Crippen LogP contribution in [0.25, 0.3) is 32.9 Å². The first-order valence-electron chi connectivity index (χ1n) is 19.3. The molecule has 3 aliphatic rings. The number of benzene rings is 3. The number of nitrogens with zero attached hydrogens (tertiary/aromatic N) is 6. The van der Waals surface area contributed by atoms with Crippen LogP contribution in [0.5, 0.6) is 11.8 Å². The highest BCUT2D eigenvalue weighted by atomic mass is 19.2. The number of halogens is 5. The molecule has 1 N–H and O–H groups in total. The Kier molecular flexibility index (Phi) is 10.0. The third kappa shape index (κ3) is 6.97. The number of ether oxygens (including phenoxy) is 2. The normalized spacial score (nSPS) is 20.0. The molecule has 1 amide bonds. The van der Waals surface area contributed by atoms with Crippen LogP contribution in [0.2, 0.25) is 0 Å². The van der Waals surface area contributed by atoms with Crippen LogP contribution in [0.1, 0.15) is 82.9 Å². The van der Waals surface area contributed by atoms with E-state index in [4.69, 9.17) is 20.9 Å². The first-order chi connectivity index (χ1) is 27.7. The summed E-state index contributed by atoms with van der Waals surface area (Å²) in [5, 5.41) is 14.4. The van der Waals surface area contributed by atoms with Gasteiger partial charge in [-0.25, -0.2) is 31.8 Å². The number of carbonyl (C=O) groups excluding carboxylic acids is 1. The summed E-state index contributed by atoms with van der Waals surface area (Å²) in [5.41, 5.74) is -1.71. The van der Waals surface area contributed by atoms with Crippen molar-refractivity contribution in [1.82, 2.24) is 24.9 Å². The lowest BCUT2D eigenvalue weighted by molar-refractivity contribution is 0.0232. The Labute approximate surface area is 331 Å². The minimum Gasteiger partial charge on any atom is -0.508 e. The van der Waals surface area contributed by atoms with E-state index in [0.29, 0.717) is 56.1 Å². The van der Waals surface area contributed by atoms with E-state index in [1.807, 2.05) is 0 Å². The molecule has 2 aromatic heterocycles. The Morgan fingerprint density at radius 3 is 2.45 bits per heavy atom. The summed E-state index contributed by atoms with van der Waals surface area (Å²) in [6.45, 7) is 6.47. The second-order valence-electron chi connectivity index (χ2n) is 16.1. The van der Waals surface area contributed by atoms with E-state index in [9.17, 15) is 23.1 Å². The van der Waals surface area contributed by atoms with Crippen molar-refractivity contribution in [3.8, 4) is 35.4 Å². The molecule has 5 heterocycles. The van der Waals surface area contributed by atoms with Crippen molar-refractivity contribution >= 4 is 33.6 Å². The second kappa shape index (κ2) is 14.9. The molecule has 0 unspecified atom stereocenters. The van der Waals surface area contributed by atoms with Crippen LogP contribution >= 0.6 is 0 Å². The maximum Gasteiger partial charge on any atom is 0.429 e. The van der Waals surface area contributed by atoms with Crippen molar-refractivity contribution in [1.29, 1.82) is 0 Å². The van der Waals surface area contributed by atoms with Gasteiger partial charge in [0.15, 0.2) is 29.1 Å². The van der Waals surface area contributed by atoms with Crippen LogP contribution in [0.15, 0.2) is 42.6 Å². The number of hydrogen-bond acceptors (Lipinski definition) is 9. The average molecular weight is 801 g/mol. The molecule has 3 aromatic carbocycles. The number of carbonyl (C=O) groups is 1. The first kappa shape index (κ1) is 39.1. The highest BCUT2D eigenvalue weighted by molar-refractivity contribution is 6.03. The molecule has 0 spiro atoms. The standard InChI is InChI=1S/C43H41F5N6O4/c1-5-27-30(44)11-10-24-18-26(55)21-28(34(24)27)37-36(48)38-29(22-49-37)39(53-16-7-6-8-17-54(53)41(56)58-42(2,3)4)51-40(50-38)57-23-43-13-9-15-52(43)33(12-14-43)25-19-31(45)35(47)32(46)20-25/h1,10-11,18-22,33,55H,6-9,12-17,23H2,2-4H3/t33-,43+/m0/s1. The van der Waals surface area contributed by atoms with Crippen LogP contribution in [0.3, 0.4) is 0 Å². The van der Waals surface area contributed by atoms with Gasteiger partial charge in [0.2, 0.25) is 0 Å². The summed E-state index contributed by atoms with van der Waals surface area (Å²) in [7, 11) is 0. The third-order valence-electron chi connectivity index (χ3n) is 11.2. The molecular formula is C43H41F5N6O4. The van der Waals surface area contributed by atoms with E-state index in [0.717, 1.165) is 25.0 Å². The van der Waals surface area contributed by atoms with E-state index in [1.54, 1.807) is 25.8 Å². The third-order valence-corrected chi connectivity index (χ3v) is 11.2. The SMILES string of the molecule is C#Cc1c(F)ccc2cc(O)cc(-c3ncc4c(N5CCCCCN5C(=O)OC(C)(C)C)nc(OC[C@]56CCCN5[C@H](c5cc(F)c(F)c(F)c5)CC6)nc4c3F)c12. The Balaban J connectivity index is 1.25. The largest absolute Gasteiger partial charge is 0.508 e. The summed E-state index contributed by atoms with van der Waals surface area (Å²) >= 11 is 0. The Morgan fingerprint density at radius 1 is 0.948 bits per heavy atom. The van der Waals surface area contributed by atoms with Crippen molar-refractivity contribution < 1.29 is 41.3 Å². The molecule has 58 heavy (non-hydrogen) atoms. The molecule has 302 valence electrons. The molecule has 3 aliphatic heterocycles. The number of pyridine rings is 1. The predicted molar refractivity (Wildman–Crippen MR) is 206 cm³/mol. The molecule has 15 heteroatoms. The average Bonchev–Trinajstić information content (AvgIpc) is 3.64. The van der Waals surface area contributed by atoms with E-state index in [1.165, 1.54) is 35.5 Å². The van der Waals surface area contributed by atoms with Gasteiger partial charge in [-0.1, -0.05) is 12.0 Å². The Morgan fingerprint density at radius 2 is 1.71 bits per heavy atom. The number of phenols is 1. The zero-order chi connectivity index (χ0) is 41.1. The summed E-state index contributed by atoms with van der Waals surface area (Å²) in [4.78, 5) is 29.6. The van der Waals surface area contributed by atoms with Gasteiger partial charge in [0, 0.05) is 36.3 Å². The second-order valence-corrected chi connectivity index (χ2v) is 16.1. The highest BCUT2D eigenvalue weighted by Gasteiger charge is 2.50. The van der Waals surface area contributed by atoms with Gasteiger partial charge in [0.1, 0.15) is 35.0 Å². The minimum absolute atomic E-state index is 0.0257. The number of hydrogen-bond donors (Lipinski definition) is 1. The molecule has 3 fully saturated rings. The quantitative estimate of drug-likeness (QED) is 0.102. The molecule has 3 saturated heterocycles. The molecule has 8 rings (SSSR count). The lowest BCUT2D eigenvalue weighted by Gasteiger charge is -2.36. The van der Waals surface area contributed by atoms with Crippen molar-refractivity contribution in [3.63, 3.8) is 0 Å². The van der Waals surface area contributed by atoms with Crippen molar-refractivity contribution in [2.75, 3.05) is 31.3 Å². The van der Waals surface area contributed by atoms with Crippen LogP contribution < -0.4 is 9.75 Å². The maximum atomic E-state index is 17.3. The monoisotopic (exact) mass is 800 g/mol. The van der Waals surface area contributed by atoms with Crippen LogP contribution in [-0.4, -0.2) is 73.4 Å². The van der Waals surface area contributed by atoms with Gasteiger partial charge < -0.3 is 14.6 Å². The fourth-order valence-electron chi connectivity index (χ4n) is 8.71. The van der Waals surface area contributed by atoms with Crippen LogP contribution in [0.4, 0.5) is 32.6 Å². The molecule has 0 aliphatic carbocycles. The fraction of sp³-hybridized carbons (Fsp3) is 0.395. The van der Waals surface area contributed by atoms with Gasteiger partial charge >= 0.3 is 12.1 Å². The van der Waals surface area contributed by atoms with E-state index in [-0.39, 0.29) is 63.8 Å². The minimum atomic E-state index is -1.52. The molecular weight excluding hydrogens is 760 g/mol.